The van der Waals surface area contributed by atoms with Crippen LogP contribution in [0.4, 0.5) is 5.69 Å². The Kier molecular flexibility index (Phi) is 5.64. The molecule has 108 valence electrons. The first-order valence-corrected chi connectivity index (χ1v) is 6.17. The molecule has 7 heteroatoms. The fourth-order valence-corrected chi connectivity index (χ4v) is 1.69. The van der Waals surface area contributed by atoms with Crippen molar-refractivity contribution in [2.24, 2.45) is 0 Å². The van der Waals surface area contributed by atoms with Gasteiger partial charge in [-0.25, -0.2) is 0 Å². The van der Waals surface area contributed by atoms with Crippen LogP contribution in [0, 0.1) is 17.0 Å². The highest BCUT2D eigenvalue weighted by atomic mass is 16.6. The standard InChI is InChI=1S/C13H16N2O5/c1-9-5-6-11(15(19)20)10(8-9)13(18)14-7-3-2-4-12(16)17/h5-6,8H,2-4,7H2,1H3,(H,14,18)(H,16,17). The molecule has 0 aliphatic rings. The van der Waals surface area contributed by atoms with Gasteiger partial charge in [-0.2, -0.15) is 0 Å². The predicted octanol–water partition coefficient (Wildman–Crippen LogP) is 1.89. The van der Waals surface area contributed by atoms with Gasteiger partial charge in [0.1, 0.15) is 5.56 Å². The van der Waals surface area contributed by atoms with Crippen molar-refractivity contribution in [3.05, 3.63) is 39.4 Å². The van der Waals surface area contributed by atoms with Crippen molar-refractivity contribution in [1.82, 2.24) is 5.32 Å². The molecule has 0 aliphatic heterocycles. The van der Waals surface area contributed by atoms with E-state index in [9.17, 15) is 19.7 Å². The maximum absolute atomic E-state index is 11.9. The van der Waals surface area contributed by atoms with Crippen LogP contribution >= 0.6 is 0 Å². The number of benzene rings is 1. The van der Waals surface area contributed by atoms with E-state index in [4.69, 9.17) is 5.11 Å². The molecule has 0 aromatic heterocycles. The minimum Gasteiger partial charge on any atom is -0.481 e. The topological polar surface area (TPSA) is 110 Å². The van der Waals surface area contributed by atoms with Gasteiger partial charge < -0.3 is 10.4 Å². The molecule has 0 radical (unpaired) electrons. The number of carbonyl (C=O) groups excluding carboxylic acids is 1. The van der Waals surface area contributed by atoms with Crippen LogP contribution < -0.4 is 5.32 Å². The van der Waals surface area contributed by atoms with Crippen molar-refractivity contribution in [1.29, 1.82) is 0 Å². The molecule has 1 aromatic rings. The summed E-state index contributed by atoms with van der Waals surface area (Å²) in [5.74, 6) is -1.40. The number of hydrogen-bond donors (Lipinski definition) is 2. The molecule has 0 spiro atoms. The third kappa shape index (κ3) is 4.68. The summed E-state index contributed by atoms with van der Waals surface area (Å²) >= 11 is 0. The van der Waals surface area contributed by atoms with E-state index in [2.05, 4.69) is 5.32 Å². The number of nitrogens with zero attached hydrogens (tertiary/aromatic N) is 1. The molecule has 0 saturated carbocycles. The molecule has 0 heterocycles. The van der Waals surface area contributed by atoms with Crippen LogP contribution in [0.3, 0.4) is 0 Å². The molecule has 1 rings (SSSR count). The molecule has 20 heavy (non-hydrogen) atoms. The number of hydrogen-bond acceptors (Lipinski definition) is 4. The van der Waals surface area contributed by atoms with Crippen LogP contribution in [0.1, 0.15) is 35.2 Å². The fourth-order valence-electron chi connectivity index (χ4n) is 1.69. The fraction of sp³-hybridized carbons (Fsp3) is 0.385. The number of carboxylic acid groups (broad SMARTS) is 1. The minimum absolute atomic E-state index is 0.0215. The largest absolute Gasteiger partial charge is 0.481 e. The van der Waals surface area contributed by atoms with Crippen molar-refractivity contribution in [2.75, 3.05) is 6.54 Å². The molecule has 0 saturated heterocycles. The number of carbonyl (C=O) groups is 2. The summed E-state index contributed by atoms with van der Waals surface area (Å²) in [7, 11) is 0. The molecule has 0 fully saturated rings. The first-order valence-electron chi connectivity index (χ1n) is 6.17. The molecule has 0 bridgehead atoms. The summed E-state index contributed by atoms with van der Waals surface area (Å²) in [4.78, 5) is 32.5. The Morgan fingerprint density at radius 3 is 2.65 bits per heavy atom. The van der Waals surface area contributed by atoms with Crippen LogP contribution in [0.5, 0.6) is 0 Å². The van der Waals surface area contributed by atoms with Crippen molar-refractivity contribution >= 4 is 17.6 Å². The summed E-state index contributed by atoms with van der Waals surface area (Å²) in [5.41, 5.74) is 0.540. The lowest BCUT2D eigenvalue weighted by Gasteiger charge is -2.06. The van der Waals surface area contributed by atoms with Gasteiger partial charge in [-0.1, -0.05) is 6.07 Å². The zero-order valence-electron chi connectivity index (χ0n) is 11.1. The number of carboxylic acids is 1. The van der Waals surface area contributed by atoms with Crippen molar-refractivity contribution in [3.8, 4) is 0 Å². The van der Waals surface area contributed by atoms with Crippen LogP contribution in [-0.4, -0.2) is 28.5 Å². The first kappa shape index (κ1) is 15.6. The number of nitrogens with one attached hydrogen (secondary N) is 1. The van der Waals surface area contributed by atoms with Gasteiger partial charge in [0.15, 0.2) is 0 Å². The minimum atomic E-state index is -0.884. The van der Waals surface area contributed by atoms with Crippen LogP contribution in [0.15, 0.2) is 18.2 Å². The van der Waals surface area contributed by atoms with Crippen LogP contribution in [0.25, 0.3) is 0 Å². The van der Waals surface area contributed by atoms with E-state index in [1.165, 1.54) is 12.1 Å². The zero-order valence-corrected chi connectivity index (χ0v) is 11.1. The maximum Gasteiger partial charge on any atom is 0.303 e. The number of nitro benzene ring substituents is 1. The second-order valence-corrected chi connectivity index (χ2v) is 4.38. The molecule has 7 nitrogen and oxygen atoms in total. The molecular formula is C13H16N2O5. The lowest BCUT2D eigenvalue weighted by Crippen LogP contribution is -2.25. The van der Waals surface area contributed by atoms with E-state index in [0.717, 1.165) is 5.56 Å². The number of nitro groups is 1. The van der Waals surface area contributed by atoms with Crippen molar-refractivity contribution in [3.63, 3.8) is 0 Å². The van der Waals surface area contributed by atoms with Gasteiger partial charge in [0.25, 0.3) is 11.6 Å². The Morgan fingerprint density at radius 2 is 2.05 bits per heavy atom. The third-order valence-electron chi connectivity index (χ3n) is 2.70. The second-order valence-electron chi connectivity index (χ2n) is 4.38. The Hall–Kier alpha value is -2.44. The molecule has 1 amide bonds. The number of amides is 1. The van der Waals surface area contributed by atoms with E-state index in [1.54, 1.807) is 13.0 Å². The Bertz CT molecular complexity index is 527. The van der Waals surface area contributed by atoms with E-state index in [-0.39, 0.29) is 24.2 Å². The first-order chi connectivity index (χ1) is 9.41. The van der Waals surface area contributed by atoms with E-state index >= 15 is 0 Å². The van der Waals surface area contributed by atoms with Gasteiger partial charge in [0.2, 0.25) is 0 Å². The highest BCUT2D eigenvalue weighted by Gasteiger charge is 2.19. The number of aliphatic carboxylic acids is 1. The highest BCUT2D eigenvalue weighted by molar-refractivity contribution is 5.98. The highest BCUT2D eigenvalue weighted by Crippen LogP contribution is 2.19. The predicted molar refractivity (Wildman–Crippen MR) is 71.7 cm³/mol. The molecule has 2 N–H and O–H groups in total. The normalized spacial score (nSPS) is 10.1. The van der Waals surface area contributed by atoms with E-state index < -0.39 is 16.8 Å². The number of aryl methyl sites for hydroxylation is 1. The molecule has 1 aromatic carbocycles. The molecule has 0 aliphatic carbocycles. The lowest BCUT2D eigenvalue weighted by atomic mass is 10.1. The summed E-state index contributed by atoms with van der Waals surface area (Å²) in [6.45, 7) is 2.03. The van der Waals surface area contributed by atoms with Gasteiger partial charge in [-0.3, -0.25) is 19.7 Å². The molecule has 0 unspecified atom stereocenters. The van der Waals surface area contributed by atoms with Gasteiger partial charge in [-0.05, 0) is 31.4 Å². The molecular weight excluding hydrogens is 264 g/mol. The van der Waals surface area contributed by atoms with Crippen LogP contribution in [-0.2, 0) is 4.79 Å². The van der Waals surface area contributed by atoms with Gasteiger partial charge >= 0.3 is 5.97 Å². The lowest BCUT2D eigenvalue weighted by molar-refractivity contribution is -0.385. The van der Waals surface area contributed by atoms with Crippen LogP contribution in [0.2, 0.25) is 0 Å². The monoisotopic (exact) mass is 280 g/mol. The van der Waals surface area contributed by atoms with Crippen molar-refractivity contribution in [2.45, 2.75) is 26.2 Å². The average molecular weight is 280 g/mol. The number of unbranched alkanes of at least 4 members (excludes halogenated alkanes) is 1. The van der Waals surface area contributed by atoms with E-state index in [1.807, 2.05) is 0 Å². The van der Waals surface area contributed by atoms with Gasteiger partial charge in [-0.15, -0.1) is 0 Å². The summed E-state index contributed by atoms with van der Waals surface area (Å²) < 4.78 is 0. The Balaban J connectivity index is 2.61. The Labute approximate surface area is 115 Å². The Morgan fingerprint density at radius 1 is 1.35 bits per heavy atom. The average Bonchev–Trinajstić information content (AvgIpc) is 2.37. The summed E-state index contributed by atoms with van der Waals surface area (Å²) in [5, 5.41) is 21.9. The van der Waals surface area contributed by atoms with E-state index in [0.29, 0.717) is 12.8 Å². The summed E-state index contributed by atoms with van der Waals surface area (Å²) in [6.07, 6.45) is 1.00. The SMILES string of the molecule is Cc1ccc([N+](=O)[O-])c(C(=O)NCCCCC(=O)O)c1. The smallest absolute Gasteiger partial charge is 0.303 e. The second kappa shape index (κ2) is 7.22. The zero-order chi connectivity index (χ0) is 15.1. The van der Waals surface area contributed by atoms with Crippen molar-refractivity contribution < 1.29 is 19.6 Å². The third-order valence-corrected chi connectivity index (χ3v) is 2.70. The summed E-state index contributed by atoms with van der Waals surface area (Å²) in [6, 6.07) is 4.33. The van der Waals surface area contributed by atoms with Gasteiger partial charge in [0.05, 0.1) is 4.92 Å². The van der Waals surface area contributed by atoms with Gasteiger partial charge in [0, 0.05) is 19.0 Å². The maximum atomic E-state index is 11.9. The quantitative estimate of drug-likeness (QED) is 0.450. The molecule has 0 atom stereocenters. The number of rotatable bonds is 7.